The second kappa shape index (κ2) is 2.90. The van der Waals surface area contributed by atoms with Crippen LogP contribution in [0.1, 0.15) is 0 Å². The maximum atomic E-state index is 15.5. The van der Waals surface area contributed by atoms with Crippen LogP contribution in [0, 0.1) is 0 Å². The quantitative estimate of drug-likeness (QED) is 0.654. The number of hydrogen-bond acceptors (Lipinski definition) is 0. The van der Waals surface area contributed by atoms with Crippen molar-refractivity contribution in [1.29, 1.82) is 0 Å². The number of halogens is 1. The fraction of sp³-hybridized carbons (Fsp3) is 0.143. The van der Waals surface area contributed by atoms with Crippen molar-refractivity contribution >= 4 is 25.0 Å². The normalized spacial score (nSPS) is 21.6. The molecule has 82 valence electrons. The summed E-state index contributed by atoms with van der Waals surface area (Å²) in [7, 11) is 0. The van der Waals surface area contributed by atoms with E-state index in [0.29, 0.717) is 0 Å². The van der Waals surface area contributed by atoms with Crippen LogP contribution in [0.5, 0.6) is 0 Å². The molecule has 2 heteroatoms. The van der Waals surface area contributed by atoms with Gasteiger partial charge in [0, 0.05) is 0 Å². The predicted octanol–water partition coefficient (Wildman–Crippen LogP) is 2.91. The molecule has 0 spiro atoms. The summed E-state index contributed by atoms with van der Waals surface area (Å²) < 4.78 is 17.4. The predicted molar refractivity (Wildman–Crippen MR) is 69.7 cm³/mol. The van der Waals surface area contributed by atoms with Crippen LogP contribution >= 0.6 is 0 Å². The van der Waals surface area contributed by atoms with E-state index in [1.807, 2.05) is 58.3 Å². The average molecular weight is 323 g/mol. The van der Waals surface area contributed by atoms with Crippen molar-refractivity contribution in [3.63, 3.8) is 0 Å². The second-order valence-electron chi connectivity index (χ2n) is 4.99. The molecule has 0 N–H and O–H groups in total. The Balaban J connectivity index is 2.50. The van der Waals surface area contributed by atoms with Gasteiger partial charge < -0.3 is 0 Å². The summed E-state index contributed by atoms with van der Waals surface area (Å²) in [6.45, 7) is 0. The van der Waals surface area contributed by atoms with Gasteiger partial charge in [-0.1, -0.05) is 0 Å². The number of hydrogen-bond donors (Lipinski definition) is 0. The molecule has 0 bridgehead atoms. The Labute approximate surface area is 97.0 Å². The summed E-state index contributed by atoms with van der Waals surface area (Å²) in [6.07, 6.45) is 0. The Hall–Kier alpha value is -0.812. The zero-order valence-electron chi connectivity index (χ0n) is 9.44. The fourth-order valence-electron chi connectivity index (χ4n) is 2.65. The molecule has 0 radical (unpaired) electrons. The molecule has 16 heavy (non-hydrogen) atoms. The van der Waals surface area contributed by atoms with E-state index in [2.05, 4.69) is 0 Å². The van der Waals surface area contributed by atoms with Gasteiger partial charge in [0.15, 0.2) is 0 Å². The van der Waals surface area contributed by atoms with Gasteiger partial charge in [-0.25, -0.2) is 0 Å². The number of fused-ring (bicyclic) bond motifs is 3. The fourth-order valence-corrected chi connectivity index (χ4v) is 11.4. The van der Waals surface area contributed by atoms with Crippen molar-refractivity contribution in [2.24, 2.45) is 0 Å². The van der Waals surface area contributed by atoms with E-state index in [0.717, 1.165) is 18.1 Å². The summed E-state index contributed by atoms with van der Waals surface area (Å²) in [5, 5.41) is 0. The molecule has 1 aliphatic rings. The zero-order chi connectivity index (χ0) is 11.4. The second-order valence-corrected chi connectivity index (χ2v) is 18.9. The van der Waals surface area contributed by atoms with E-state index in [4.69, 9.17) is 0 Å². The standard InChI is InChI=1S/C12H8.2CH3.FH.Sb/c1-3-7-11(8-4-1)12-9-5-2-6-10-12;;;;/h1-7,9H;2*1H3;1H;/q;;;;+1/p-1. The molecule has 0 saturated carbocycles. The maximum absolute atomic E-state index is 15.5. The van der Waals surface area contributed by atoms with Crippen molar-refractivity contribution in [3.05, 3.63) is 48.5 Å². The zero-order valence-corrected chi connectivity index (χ0v) is 12.0. The van der Waals surface area contributed by atoms with Crippen molar-refractivity contribution in [1.82, 2.24) is 0 Å². The topological polar surface area (TPSA) is 0 Å². The van der Waals surface area contributed by atoms with Crippen molar-refractivity contribution in [2.75, 3.05) is 0 Å². The van der Waals surface area contributed by atoms with Gasteiger partial charge >= 0.3 is 97.2 Å². The number of rotatable bonds is 0. The molecule has 1 heterocycles. The Kier molecular flexibility index (Phi) is 1.87. The molecule has 2 aromatic carbocycles. The first-order chi connectivity index (χ1) is 7.49. The van der Waals surface area contributed by atoms with Crippen molar-refractivity contribution in [3.8, 4) is 11.1 Å². The molecular weight excluding hydrogens is 309 g/mol. The van der Waals surface area contributed by atoms with Crippen molar-refractivity contribution < 1.29 is 2.81 Å². The Morgan fingerprint density at radius 1 is 0.750 bits per heavy atom. The average Bonchev–Trinajstić information content (AvgIpc) is 2.47. The van der Waals surface area contributed by atoms with E-state index >= 15 is 2.81 Å². The Bertz CT molecular complexity index is 529. The summed E-state index contributed by atoms with van der Waals surface area (Å²) in [5.41, 5.74) is 2.21. The minimum absolute atomic E-state index is 0.969. The third-order valence-electron chi connectivity index (χ3n) is 3.48. The molecule has 0 unspecified atom stereocenters. The van der Waals surface area contributed by atoms with Crippen LogP contribution in [-0.4, -0.2) is 18.0 Å². The first kappa shape index (κ1) is 10.3. The van der Waals surface area contributed by atoms with Crippen LogP contribution in [-0.2, 0) is 0 Å². The molecule has 0 fully saturated rings. The Morgan fingerprint density at radius 3 is 1.56 bits per heavy atom. The minimum atomic E-state index is -4.22. The van der Waals surface area contributed by atoms with Gasteiger partial charge in [-0.2, -0.15) is 0 Å². The van der Waals surface area contributed by atoms with Gasteiger partial charge in [0.2, 0.25) is 0 Å². The van der Waals surface area contributed by atoms with E-state index in [-0.39, 0.29) is 0 Å². The van der Waals surface area contributed by atoms with Crippen LogP contribution in [0.3, 0.4) is 0 Å². The summed E-state index contributed by atoms with van der Waals surface area (Å²) in [4.78, 5) is 3.72. The SMILES string of the molecule is [CH3][Sb]1([CH3])([F])[c]2ccccc2-c2cccc[c]21. The molecule has 0 aromatic heterocycles. The molecule has 0 aliphatic carbocycles. The van der Waals surface area contributed by atoms with Crippen LogP contribution < -0.4 is 7.02 Å². The van der Waals surface area contributed by atoms with E-state index in [1.165, 1.54) is 0 Å². The van der Waals surface area contributed by atoms with Gasteiger partial charge in [0.05, 0.1) is 0 Å². The first-order valence-electron chi connectivity index (χ1n) is 5.42. The third kappa shape index (κ3) is 1.15. The van der Waals surface area contributed by atoms with Gasteiger partial charge in [0.25, 0.3) is 0 Å². The van der Waals surface area contributed by atoms with Crippen LogP contribution in [0.4, 0.5) is 2.81 Å². The summed E-state index contributed by atoms with van der Waals surface area (Å²) >= 11 is -4.22. The van der Waals surface area contributed by atoms with Crippen LogP contribution in [0.25, 0.3) is 11.1 Å². The monoisotopic (exact) mass is 322 g/mol. The van der Waals surface area contributed by atoms with Gasteiger partial charge in [-0.15, -0.1) is 0 Å². The van der Waals surface area contributed by atoms with E-state index < -0.39 is 18.0 Å². The summed E-state index contributed by atoms with van der Waals surface area (Å²) in [5.74, 6) is 0. The summed E-state index contributed by atoms with van der Waals surface area (Å²) in [6, 6.07) is 15.9. The molecular formula is C14H14FSb. The van der Waals surface area contributed by atoms with Gasteiger partial charge in [0.1, 0.15) is 0 Å². The van der Waals surface area contributed by atoms with Crippen molar-refractivity contribution in [2.45, 2.75) is 9.74 Å². The molecule has 0 atom stereocenters. The van der Waals surface area contributed by atoms with Gasteiger partial charge in [-0.3, -0.25) is 0 Å². The van der Waals surface area contributed by atoms with E-state index in [1.54, 1.807) is 0 Å². The molecule has 0 nitrogen and oxygen atoms in total. The third-order valence-corrected chi connectivity index (χ3v) is 13.6. The molecule has 1 aliphatic heterocycles. The van der Waals surface area contributed by atoms with Gasteiger partial charge in [-0.05, 0) is 0 Å². The molecule has 0 amide bonds. The van der Waals surface area contributed by atoms with Crippen LogP contribution in [0.15, 0.2) is 48.5 Å². The van der Waals surface area contributed by atoms with Crippen LogP contribution in [0.2, 0.25) is 9.74 Å². The number of benzene rings is 2. The molecule has 2 aromatic rings. The molecule has 3 rings (SSSR count). The van der Waals surface area contributed by atoms with E-state index in [9.17, 15) is 0 Å². The molecule has 0 saturated heterocycles. The first-order valence-corrected chi connectivity index (χ1v) is 14.0. The Morgan fingerprint density at radius 2 is 1.12 bits per heavy atom.